The van der Waals surface area contributed by atoms with Gasteiger partial charge in [-0.05, 0) is 35.1 Å². The van der Waals surface area contributed by atoms with E-state index < -0.39 is 0 Å². The summed E-state index contributed by atoms with van der Waals surface area (Å²) in [5.74, 6) is 0.626. The van der Waals surface area contributed by atoms with Crippen molar-refractivity contribution >= 4 is 22.9 Å². The fraction of sp³-hybridized carbons (Fsp3) is 0.421. The van der Waals surface area contributed by atoms with Crippen molar-refractivity contribution in [2.45, 2.75) is 38.6 Å². The standard InChI is InChI=1S/C19H24N2OS/c1-14(2)15-7-9-16(10-8-15)20-19(22)13-21-11-3-5-17(21)18-6-4-12-23-18/h4,6-10,12,14,17H,3,5,11,13H2,1-2H3,(H,20,22)/p+1/t17-/m1/s1. The first-order valence-electron chi connectivity index (χ1n) is 8.41. The van der Waals surface area contributed by atoms with E-state index in [0.29, 0.717) is 18.5 Å². The van der Waals surface area contributed by atoms with Gasteiger partial charge in [-0.3, -0.25) is 4.79 Å². The van der Waals surface area contributed by atoms with Crippen molar-refractivity contribution in [1.82, 2.24) is 0 Å². The van der Waals surface area contributed by atoms with Crippen molar-refractivity contribution in [3.63, 3.8) is 0 Å². The first kappa shape index (κ1) is 16.2. The topological polar surface area (TPSA) is 33.5 Å². The number of likely N-dealkylation sites (tertiary alicyclic amines) is 1. The second-order valence-electron chi connectivity index (χ2n) is 6.62. The molecule has 2 heterocycles. The summed E-state index contributed by atoms with van der Waals surface area (Å²) in [6.07, 6.45) is 2.39. The molecule has 1 unspecified atom stereocenters. The maximum atomic E-state index is 12.4. The molecular weight excluding hydrogens is 304 g/mol. The normalized spacial score (nSPS) is 20.8. The Morgan fingerprint density at radius 3 is 2.74 bits per heavy atom. The number of quaternary nitrogens is 1. The van der Waals surface area contributed by atoms with Gasteiger partial charge in [0.2, 0.25) is 0 Å². The monoisotopic (exact) mass is 329 g/mol. The molecule has 1 saturated heterocycles. The lowest BCUT2D eigenvalue weighted by molar-refractivity contribution is -0.910. The predicted octanol–water partition coefficient (Wildman–Crippen LogP) is 3.23. The molecule has 2 N–H and O–H groups in total. The Kier molecular flexibility index (Phi) is 5.13. The number of anilines is 1. The molecule has 1 amide bonds. The highest BCUT2D eigenvalue weighted by molar-refractivity contribution is 7.10. The molecular formula is C19H25N2OS+. The fourth-order valence-corrected chi connectivity index (χ4v) is 4.24. The number of rotatable bonds is 5. The van der Waals surface area contributed by atoms with Crippen molar-refractivity contribution < 1.29 is 9.69 Å². The van der Waals surface area contributed by atoms with Gasteiger partial charge < -0.3 is 10.2 Å². The quantitative estimate of drug-likeness (QED) is 0.867. The number of carbonyl (C=O) groups excluding carboxylic acids is 1. The van der Waals surface area contributed by atoms with E-state index in [0.717, 1.165) is 12.2 Å². The highest BCUT2D eigenvalue weighted by Crippen LogP contribution is 2.23. The first-order valence-corrected chi connectivity index (χ1v) is 9.29. The van der Waals surface area contributed by atoms with E-state index in [4.69, 9.17) is 0 Å². The van der Waals surface area contributed by atoms with Crippen LogP contribution in [0.2, 0.25) is 0 Å². The van der Waals surface area contributed by atoms with Crippen LogP contribution in [0, 0.1) is 0 Å². The molecule has 23 heavy (non-hydrogen) atoms. The summed E-state index contributed by atoms with van der Waals surface area (Å²) in [5, 5.41) is 5.17. The molecule has 1 aliphatic rings. The molecule has 1 fully saturated rings. The van der Waals surface area contributed by atoms with Crippen LogP contribution in [0.1, 0.15) is 49.1 Å². The van der Waals surface area contributed by atoms with Gasteiger partial charge in [-0.25, -0.2) is 0 Å². The molecule has 2 aromatic rings. The van der Waals surface area contributed by atoms with E-state index in [-0.39, 0.29) is 5.91 Å². The smallest absolute Gasteiger partial charge is 0.279 e. The third kappa shape index (κ3) is 4.01. The van der Waals surface area contributed by atoms with Crippen LogP contribution >= 0.6 is 11.3 Å². The lowest BCUT2D eigenvalue weighted by Gasteiger charge is -2.20. The zero-order valence-electron chi connectivity index (χ0n) is 13.8. The maximum Gasteiger partial charge on any atom is 0.279 e. The van der Waals surface area contributed by atoms with Crippen LogP contribution in [0.3, 0.4) is 0 Å². The summed E-state index contributed by atoms with van der Waals surface area (Å²) in [6, 6.07) is 13.0. The average Bonchev–Trinajstić information content (AvgIpc) is 3.18. The Bertz CT molecular complexity index is 634. The number of hydrogen-bond acceptors (Lipinski definition) is 2. The number of amides is 1. The van der Waals surface area contributed by atoms with E-state index >= 15 is 0 Å². The SMILES string of the molecule is CC(C)c1ccc(NC(=O)C[NH+]2CCC[C@@H]2c2cccs2)cc1. The van der Waals surface area contributed by atoms with Crippen molar-refractivity contribution in [2.24, 2.45) is 0 Å². The summed E-state index contributed by atoms with van der Waals surface area (Å²) < 4.78 is 0. The number of benzene rings is 1. The van der Waals surface area contributed by atoms with Gasteiger partial charge in [-0.1, -0.05) is 32.0 Å². The zero-order valence-corrected chi connectivity index (χ0v) is 14.7. The van der Waals surface area contributed by atoms with Crippen molar-refractivity contribution in [3.05, 3.63) is 52.2 Å². The summed E-state index contributed by atoms with van der Waals surface area (Å²) >= 11 is 1.81. The first-order chi connectivity index (χ1) is 11.1. The fourth-order valence-electron chi connectivity index (χ4n) is 3.32. The number of thiophene rings is 1. The molecule has 0 radical (unpaired) electrons. The third-order valence-corrected chi connectivity index (χ3v) is 5.60. The largest absolute Gasteiger partial charge is 0.321 e. The summed E-state index contributed by atoms with van der Waals surface area (Å²) in [4.78, 5) is 15.2. The molecule has 1 aromatic heterocycles. The molecule has 2 atom stereocenters. The third-order valence-electron chi connectivity index (χ3n) is 4.62. The predicted molar refractivity (Wildman–Crippen MR) is 96.2 cm³/mol. The summed E-state index contributed by atoms with van der Waals surface area (Å²) in [6.45, 7) is 5.99. The minimum Gasteiger partial charge on any atom is -0.321 e. The summed E-state index contributed by atoms with van der Waals surface area (Å²) in [5.41, 5.74) is 2.19. The zero-order chi connectivity index (χ0) is 16.2. The van der Waals surface area contributed by atoms with Gasteiger partial charge in [0.15, 0.2) is 6.54 Å². The van der Waals surface area contributed by atoms with Gasteiger partial charge in [0.1, 0.15) is 6.04 Å². The van der Waals surface area contributed by atoms with E-state index in [1.807, 2.05) is 12.1 Å². The Morgan fingerprint density at radius 2 is 2.09 bits per heavy atom. The van der Waals surface area contributed by atoms with Gasteiger partial charge in [0, 0.05) is 18.5 Å². The minimum absolute atomic E-state index is 0.112. The van der Waals surface area contributed by atoms with Gasteiger partial charge in [-0.15, -0.1) is 11.3 Å². The number of carbonyl (C=O) groups is 1. The molecule has 0 saturated carbocycles. The van der Waals surface area contributed by atoms with E-state index in [1.54, 1.807) is 11.3 Å². The molecule has 3 nitrogen and oxygen atoms in total. The molecule has 3 rings (SSSR count). The summed E-state index contributed by atoms with van der Waals surface area (Å²) in [7, 11) is 0. The highest BCUT2D eigenvalue weighted by Gasteiger charge is 2.32. The molecule has 0 aliphatic carbocycles. The Balaban J connectivity index is 1.58. The van der Waals surface area contributed by atoms with E-state index in [1.165, 1.54) is 28.2 Å². The van der Waals surface area contributed by atoms with Crippen molar-refractivity contribution in [2.75, 3.05) is 18.4 Å². The number of hydrogen-bond donors (Lipinski definition) is 2. The second kappa shape index (κ2) is 7.28. The Morgan fingerprint density at radius 1 is 1.30 bits per heavy atom. The van der Waals surface area contributed by atoms with Crippen LogP contribution in [0.4, 0.5) is 5.69 Å². The highest BCUT2D eigenvalue weighted by atomic mass is 32.1. The average molecular weight is 329 g/mol. The minimum atomic E-state index is 0.112. The van der Waals surface area contributed by atoms with Gasteiger partial charge in [0.25, 0.3) is 5.91 Å². The molecule has 4 heteroatoms. The second-order valence-corrected chi connectivity index (χ2v) is 7.60. The van der Waals surface area contributed by atoms with Crippen LogP contribution in [-0.4, -0.2) is 19.0 Å². The van der Waals surface area contributed by atoms with Crippen LogP contribution in [-0.2, 0) is 4.79 Å². The van der Waals surface area contributed by atoms with Gasteiger partial charge in [-0.2, -0.15) is 0 Å². The van der Waals surface area contributed by atoms with Crippen LogP contribution in [0.15, 0.2) is 41.8 Å². The molecule has 1 aromatic carbocycles. The molecule has 0 bridgehead atoms. The Labute approximate surface area is 142 Å². The molecule has 0 spiro atoms. The van der Waals surface area contributed by atoms with Crippen LogP contribution in [0.25, 0.3) is 0 Å². The van der Waals surface area contributed by atoms with Crippen molar-refractivity contribution in [1.29, 1.82) is 0 Å². The van der Waals surface area contributed by atoms with Gasteiger partial charge in [0.05, 0.1) is 11.4 Å². The molecule has 122 valence electrons. The lowest BCUT2D eigenvalue weighted by atomic mass is 10.0. The lowest BCUT2D eigenvalue weighted by Crippen LogP contribution is -3.11. The van der Waals surface area contributed by atoms with Crippen LogP contribution < -0.4 is 10.2 Å². The maximum absolute atomic E-state index is 12.4. The van der Waals surface area contributed by atoms with Crippen molar-refractivity contribution in [3.8, 4) is 0 Å². The number of nitrogens with one attached hydrogen (secondary N) is 2. The van der Waals surface area contributed by atoms with Gasteiger partial charge >= 0.3 is 0 Å². The van der Waals surface area contributed by atoms with Crippen LogP contribution in [0.5, 0.6) is 0 Å². The molecule has 1 aliphatic heterocycles. The Hall–Kier alpha value is -1.65. The van der Waals surface area contributed by atoms with E-state index in [2.05, 4.69) is 48.8 Å². The van der Waals surface area contributed by atoms with E-state index in [9.17, 15) is 4.79 Å².